The first kappa shape index (κ1) is 24.9. The summed E-state index contributed by atoms with van der Waals surface area (Å²) in [4.78, 5) is 33.8. The lowest BCUT2D eigenvalue weighted by molar-refractivity contribution is -0.384. The number of halogens is 3. The van der Waals surface area contributed by atoms with Gasteiger partial charge in [-0.2, -0.15) is 0 Å². The summed E-state index contributed by atoms with van der Waals surface area (Å²) in [5.41, 5.74) is -0.0735. The van der Waals surface area contributed by atoms with Crippen LogP contribution in [0.5, 0.6) is 0 Å². The van der Waals surface area contributed by atoms with Gasteiger partial charge >= 0.3 is 6.09 Å². The molecule has 0 saturated heterocycles. The normalized spacial score (nSPS) is 11.6. The summed E-state index contributed by atoms with van der Waals surface area (Å²) in [6.45, 7) is 5.13. The Morgan fingerprint density at radius 3 is 2.15 bits per heavy atom. The standard InChI is InChI=1S/C15H19ClN2O5.CH2ClI/c1-15(2,3)23-14(20)17-12(13(19)9-16)8-10-4-6-11(7-5-10)18(21)22;2-1-3/h4-7,12H,8-9H2,1-3H3,(H,17,20);1H2/t12-;/m0./s1. The highest BCUT2D eigenvalue weighted by molar-refractivity contribution is 14.1. The predicted molar refractivity (Wildman–Crippen MR) is 110 cm³/mol. The summed E-state index contributed by atoms with van der Waals surface area (Å²) in [6.07, 6.45) is -0.550. The first-order chi connectivity index (χ1) is 12.0. The molecule has 0 spiro atoms. The molecule has 1 aromatic rings. The van der Waals surface area contributed by atoms with Crippen molar-refractivity contribution in [2.75, 3.05) is 9.77 Å². The van der Waals surface area contributed by atoms with E-state index in [-0.39, 0.29) is 23.8 Å². The van der Waals surface area contributed by atoms with E-state index in [2.05, 4.69) is 27.9 Å². The van der Waals surface area contributed by atoms with Gasteiger partial charge in [0.2, 0.25) is 0 Å². The summed E-state index contributed by atoms with van der Waals surface area (Å²) < 4.78 is 5.81. The van der Waals surface area contributed by atoms with E-state index >= 15 is 0 Å². The number of nitro benzene ring substituents is 1. The molecule has 1 N–H and O–H groups in total. The van der Waals surface area contributed by atoms with Crippen molar-refractivity contribution in [3.05, 3.63) is 39.9 Å². The van der Waals surface area contributed by atoms with Gasteiger partial charge in [-0.3, -0.25) is 14.9 Å². The number of ether oxygens (including phenoxy) is 1. The molecule has 146 valence electrons. The summed E-state index contributed by atoms with van der Waals surface area (Å²) >= 11 is 12.6. The van der Waals surface area contributed by atoms with Gasteiger partial charge in [0, 0.05) is 12.1 Å². The predicted octanol–water partition coefficient (Wildman–Crippen LogP) is 4.46. The highest BCUT2D eigenvalue weighted by Gasteiger charge is 2.24. The van der Waals surface area contributed by atoms with Gasteiger partial charge in [0.25, 0.3) is 5.69 Å². The molecule has 0 saturated carbocycles. The highest BCUT2D eigenvalue weighted by Crippen LogP contribution is 2.14. The third-order valence-electron chi connectivity index (χ3n) is 2.80. The van der Waals surface area contributed by atoms with Crippen molar-refractivity contribution in [1.82, 2.24) is 5.32 Å². The van der Waals surface area contributed by atoms with Crippen molar-refractivity contribution >= 4 is 63.4 Å². The molecule has 0 heterocycles. The van der Waals surface area contributed by atoms with E-state index in [0.717, 1.165) is 0 Å². The van der Waals surface area contributed by atoms with Crippen LogP contribution >= 0.6 is 45.8 Å². The molecule has 0 aliphatic rings. The number of alkyl halides is 3. The van der Waals surface area contributed by atoms with Crippen LogP contribution in [0.1, 0.15) is 26.3 Å². The van der Waals surface area contributed by atoms with Crippen molar-refractivity contribution in [1.29, 1.82) is 0 Å². The number of amides is 1. The first-order valence-corrected chi connectivity index (χ1v) is 10.1. The van der Waals surface area contributed by atoms with Crippen molar-refractivity contribution in [2.45, 2.75) is 38.8 Å². The molecule has 0 aliphatic heterocycles. The number of Topliss-reactive ketones (excluding diaryl/α,β-unsaturated/α-hetero) is 1. The molecule has 1 amide bonds. The molecule has 0 bridgehead atoms. The van der Waals surface area contributed by atoms with E-state index in [9.17, 15) is 19.7 Å². The van der Waals surface area contributed by atoms with Gasteiger partial charge in [0.05, 0.1) is 20.7 Å². The van der Waals surface area contributed by atoms with E-state index in [0.29, 0.717) is 9.45 Å². The molecule has 10 heteroatoms. The lowest BCUT2D eigenvalue weighted by atomic mass is 10.0. The summed E-state index contributed by atoms with van der Waals surface area (Å²) in [6, 6.07) is 4.88. The molecule has 1 aromatic carbocycles. The van der Waals surface area contributed by atoms with Gasteiger partial charge in [-0.25, -0.2) is 4.79 Å². The Morgan fingerprint density at radius 1 is 1.27 bits per heavy atom. The third kappa shape index (κ3) is 10.8. The van der Waals surface area contributed by atoms with Crippen LogP contribution in [0.2, 0.25) is 0 Å². The minimum atomic E-state index is -0.858. The second-order valence-corrected chi connectivity index (χ2v) is 8.23. The van der Waals surface area contributed by atoms with Crippen LogP contribution in [0.3, 0.4) is 0 Å². The average Bonchev–Trinajstić information content (AvgIpc) is 2.53. The van der Waals surface area contributed by atoms with Gasteiger partial charge in [0.1, 0.15) is 5.60 Å². The third-order valence-corrected chi connectivity index (χ3v) is 3.06. The van der Waals surface area contributed by atoms with Crippen molar-refractivity contribution < 1.29 is 19.2 Å². The molecule has 0 aromatic heterocycles. The summed E-state index contributed by atoms with van der Waals surface area (Å²) in [5.74, 6) is -0.621. The van der Waals surface area contributed by atoms with E-state index in [1.54, 1.807) is 20.8 Å². The first-order valence-electron chi connectivity index (χ1n) is 7.47. The van der Waals surface area contributed by atoms with Crippen LogP contribution < -0.4 is 5.32 Å². The van der Waals surface area contributed by atoms with Crippen LogP contribution in [-0.4, -0.2) is 38.2 Å². The lowest BCUT2D eigenvalue weighted by Gasteiger charge is -2.22. The number of ketones is 1. The second kappa shape index (κ2) is 12.3. The van der Waals surface area contributed by atoms with Crippen LogP contribution in [0.15, 0.2) is 24.3 Å². The molecule has 0 radical (unpaired) electrons. The van der Waals surface area contributed by atoms with E-state index in [1.165, 1.54) is 24.3 Å². The maximum atomic E-state index is 11.9. The Morgan fingerprint density at radius 2 is 1.77 bits per heavy atom. The number of benzene rings is 1. The van der Waals surface area contributed by atoms with Gasteiger partial charge in [-0.1, -0.05) is 34.7 Å². The van der Waals surface area contributed by atoms with E-state index < -0.39 is 22.7 Å². The van der Waals surface area contributed by atoms with Crippen LogP contribution in [0.4, 0.5) is 10.5 Å². The monoisotopic (exact) mass is 518 g/mol. The molecule has 0 fully saturated rings. The number of hydrogen-bond acceptors (Lipinski definition) is 5. The average molecular weight is 519 g/mol. The number of nitro groups is 1. The molecular weight excluding hydrogens is 498 g/mol. The second-order valence-electron chi connectivity index (χ2n) is 6.03. The Hall–Kier alpha value is -1.13. The zero-order chi connectivity index (χ0) is 20.3. The Balaban J connectivity index is 0.00000194. The Bertz CT molecular complexity index is 606. The number of alkyl carbamates (subject to hydrolysis) is 1. The molecule has 1 rings (SSSR count). The molecule has 1 atom stereocenters. The zero-order valence-corrected chi connectivity index (χ0v) is 18.3. The maximum Gasteiger partial charge on any atom is 0.408 e. The number of non-ortho nitro benzene ring substituents is 1. The van der Waals surface area contributed by atoms with Gasteiger partial charge in [-0.05, 0) is 32.8 Å². The van der Waals surface area contributed by atoms with Crippen molar-refractivity contribution in [3.8, 4) is 0 Å². The number of carbonyl (C=O) groups excluding carboxylic acids is 2. The van der Waals surface area contributed by atoms with Crippen molar-refractivity contribution in [3.63, 3.8) is 0 Å². The SMILES string of the molecule is CC(C)(C)OC(=O)N[C@@H](Cc1ccc([N+](=O)[O-])cc1)C(=O)CCl.ClCI. The summed E-state index contributed by atoms with van der Waals surface area (Å²) in [5, 5.41) is 13.1. The van der Waals surface area contributed by atoms with Gasteiger partial charge in [0.15, 0.2) is 5.78 Å². The quantitative estimate of drug-likeness (QED) is 0.259. The maximum absolute atomic E-state index is 11.9. The smallest absolute Gasteiger partial charge is 0.408 e. The fraction of sp³-hybridized carbons (Fsp3) is 0.500. The minimum Gasteiger partial charge on any atom is -0.444 e. The van der Waals surface area contributed by atoms with E-state index in [1.807, 2.05) is 0 Å². The topological polar surface area (TPSA) is 98.5 Å². The number of carbonyl (C=O) groups is 2. The van der Waals surface area contributed by atoms with Crippen LogP contribution in [-0.2, 0) is 16.0 Å². The minimum absolute atomic E-state index is 0.0472. The highest BCUT2D eigenvalue weighted by atomic mass is 127. The number of nitrogens with zero attached hydrogens (tertiary/aromatic N) is 1. The Labute approximate surface area is 176 Å². The fourth-order valence-corrected chi connectivity index (χ4v) is 1.96. The molecule has 0 unspecified atom stereocenters. The zero-order valence-electron chi connectivity index (χ0n) is 14.6. The van der Waals surface area contributed by atoms with Crippen molar-refractivity contribution in [2.24, 2.45) is 0 Å². The summed E-state index contributed by atoms with van der Waals surface area (Å²) in [7, 11) is 0. The van der Waals surface area contributed by atoms with Crippen LogP contribution in [0, 0.1) is 10.1 Å². The molecular formula is C16H21Cl2IN2O5. The fourth-order valence-electron chi connectivity index (χ4n) is 1.78. The molecule has 26 heavy (non-hydrogen) atoms. The Kier molecular flexibility index (Phi) is 11.8. The molecule has 7 nitrogen and oxygen atoms in total. The number of nitrogens with one attached hydrogen (secondary N) is 1. The lowest BCUT2D eigenvalue weighted by Crippen LogP contribution is -2.45. The van der Waals surface area contributed by atoms with Gasteiger partial charge in [-0.15, -0.1) is 23.2 Å². The largest absolute Gasteiger partial charge is 0.444 e. The molecule has 0 aliphatic carbocycles. The van der Waals surface area contributed by atoms with E-state index in [4.69, 9.17) is 27.9 Å². The van der Waals surface area contributed by atoms with Gasteiger partial charge < -0.3 is 10.1 Å². The number of hydrogen-bond donors (Lipinski definition) is 1. The van der Waals surface area contributed by atoms with Crippen LogP contribution in [0.25, 0.3) is 0 Å². The number of rotatable bonds is 6.